The summed E-state index contributed by atoms with van der Waals surface area (Å²) in [4.78, 5) is 72.9. The van der Waals surface area contributed by atoms with Gasteiger partial charge in [0.25, 0.3) is 5.89 Å². The van der Waals surface area contributed by atoms with E-state index in [0.29, 0.717) is 36.9 Å². The number of aliphatic carboxylic acids is 1. The van der Waals surface area contributed by atoms with Gasteiger partial charge in [0.05, 0.1) is 6.04 Å². The number of fused-ring (bicyclic) bond motifs is 1. The number of hydrogen-bond acceptors (Lipinski definition) is 8. The number of alkyl halides is 3. The zero-order valence-corrected chi connectivity index (χ0v) is 29.1. The summed E-state index contributed by atoms with van der Waals surface area (Å²) >= 11 is 0. The number of guanidine groups is 1. The fraction of sp³-hybridized carbons (Fsp3) is 0.457. The maximum absolute atomic E-state index is 14.0. The quantitative estimate of drug-likeness (QED) is 0.0746. The summed E-state index contributed by atoms with van der Waals surface area (Å²) in [7, 11) is 0. The number of carbonyl (C=O) groups is 5. The molecule has 0 bridgehead atoms. The van der Waals surface area contributed by atoms with E-state index in [1.54, 1.807) is 24.3 Å². The molecule has 7 N–H and O–H groups in total. The first-order valence-electron chi connectivity index (χ1n) is 16.5. The Morgan fingerprint density at radius 3 is 2.23 bits per heavy atom. The second kappa shape index (κ2) is 18.1. The molecule has 0 aliphatic carbocycles. The molecule has 4 rings (SSSR count). The van der Waals surface area contributed by atoms with Crippen LogP contribution in [0.15, 0.2) is 64.0 Å². The fourth-order valence-corrected chi connectivity index (χ4v) is 5.45. The molecular formula is C35H44F3N7O7. The number of oxazole rings is 1. The molecule has 3 atom stereocenters. The van der Waals surface area contributed by atoms with E-state index in [4.69, 9.17) is 25.8 Å². The average molecular weight is 732 g/mol. The van der Waals surface area contributed by atoms with Gasteiger partial charge in [0.1, 0.15) is 17.6 Å². The second-order valence-corrected chi connectivity index (χ2v) is 13.4. The molecule has 1 fully saturated rings. The average Bonchev–Trinajstić information content (AvgIpc) is 3.73. The van der Waals surface area contributed by atoms with Gasteiger partial charge >= 0.3 is 12.1 Å². The van der Waals surface area contributed by atoms with Gasteiger partial charge in [-0.25, -0.2) is 9.78 Å². The number of nitrogens with two attached hydrogens (primary N) is 2. The molecule has 14 nitrogen and oxygen atoms in total. The van der Waals surface area contributed by atoms with Crippen molar-refractivity contribution in [2.24, 2.45) is 21.9 Å². The fourth-order valence-electron chi connectivity index (χ4n) is 5.45. The number of hydrogen-bond donors (Lipinski definition) is 5. The third-order valence-electron chi connectivity index (χ3n) is 7.77. The molecule has 17 heteroatoms. The van der Waals surface area contributed by atoms with Gasteiger partial charge in [0.15, 0.2) is 11.5 Å². The minimum Gasteiger partial charge on any atom is -0.475 e. The van der Waals surface area contributed by atoms with Crippen molar-refractivity contribution in [1.82, 2.24) is 20.5 Å². The molecule has 3 amide bonds. The number of ketones is 1. The Morgan fingerprint density at radius 1 is 1.00 bits per heavy atom. The van der Waals surface area contributed by atoms with Gasteiger partial charge in [-0.05, 0) is 48.8 Å². The highest BCUT2D eigenvalue weighted by Crippen LogP contribution is 2.23. The van der Waals surface area contributed by atoms with Crippen molar-refractivity contribution in [1.29, 1.82) is 0 Å². The third-order valence-corrected chi connectivity index (χ3v) is 7.77. The molecule has 52 heavy (non-hydrogen) atoms. The molecule has 1 aliphatic rings. The number of nitrogens with zero attached hydrogens (tertiary/aromatic N) is 3. The summed E-state index contributed by atoms with van der Waals surface area (Å²) in [6.45, 7) is 6.48. The number of Topliss-reactive ketones (excluding diaryl/α,β-unsaturated/α-hetero) is 1. The number of amides is 3. The summed E-state index contributed by atoms with van der Waals surface area (Å²) in [5, 5.41) is 12.9. The Kier molecular flexibility index (Phi) is 14.3. The number of nitrogens with one attached hydrogen (secondary N) is 2. The van der Waals surface area contributed by atoms with Crippen LogP contribution in [-0.2, 0) is 25.6 Å². The Labute approximate surface area is 298 Å². The van der Waals surface area contributed by atoms with E-state index in [9.17, 15) is 32.3 Å². The van der Waals surface area contributed by atoms with Crippen LogP contribution >= 0.6 is 0 Å². The van der Waals surface area contributed by atoms with Crippen LogP contribution < -0.4 is 22.1 Å². The first kappa shape index (κ1) is 40.9. The van der Waals surface area contributed by atoms with Crippen LogP contribution in [0.4, 0.5) is 13.2 Å². The summed E-state index contributed by atoms with van der Waals surface area (Å²) in [5.41, 5.74) is 12.5. The summed E-state index contributed by atoms with van der Waals surface area (Å²) in [5.74, 6) is -4.47. The Balaban J connectivity index is 0.000000944. The largest absolute Gasteiger partial charge is 0.490 e. The lowest BCUT2D eigenvalue weighted by molar-refractivity contribution is -0.192. The van der Waals surface area contributed by atoms with E-state index in [1.165, 1.54) is 4.90 Å². The van der Waals surface area contributed by atoms with E-state index in [1.807, 2.05) is 51.1 Å². The molecule has 0 radical (unpaired) electrons. The Bertz CT molecular complexity index is 1700. The molecule has 0 unspecified atom stereocenters. The number of para-hydroxylation sites is 2. The van der Waals surface area contributed by atoms with E-state index >= 15 is 0 Å². The van der Waals surface area contributed by atoms with E-state index < -0.39 is 42.0 Å². The lowest BCUT2D eigenvalue weighted by atomic mass is 9.91. The molecule has 1 saturated heterocycles. The van der Waals surface area contributed by atoms with Crippen molar-refractivity contribution in [3.8, 4) is 0 Å². The number of aromatic nitrogens is 1. The van der Waals surface area contributed by atoms with Gasteiger partial charge in [-0.3, -0.25) is 24.2 Å². The standard InChI is InChI=1S/C33H43N7O5.C2HF3O2/c1-33(2,3)20-27(41)37-24(19-21-11-5-4-6-12-21)31(44)40-18-10-15-25(40)29(43)38-23(14-9-17-36-32(34)35)28(42)30-39-22-13-7-8-16-26(22)45-30;3-2(4,5)1(6)7/h4-8,11-13,16,23-25H,9-10,14-15,17-20H2,1-3H3,(H,37,41)(H,38,43)(H4,34,35,36);(H,6,7)/t23-,24+,25-;/m0./s1. The second-order valence-electron chi connectivity index (χ2n) is 13.4. The number of likely N-dealkylation sites (tertiary alicyclic amines) is 1. The van der Waals surface area contributed by atoms with Gasteiger partial charge < -0.3 is 36.5 Å². The molecule has 0 spiro atoms. The highest BCUT2D eigenvalue weighted by molar-refractivity contribution is 6.01. The van der Waals surface area contributed by atoms with Crippen molar-refractivity contribution >= 4 is 46.5 Å². The molecule has 2 aromatic carbocycles. The molecule has 1 aliphatic heterocycles. The predicted molar refractivity (Wildman–Crippen MR) is 185 cm³/mol. The smallest absolute Gasteiger partial charge is 0.475 e. The van der Waals surface area contributed by atoms with E-state index in [-0.39, 0.29) is 54.9 Å². The van der Waals surface area contributed by atoms with Gasteiger partial charge in [-0.15, -0.1) is 0 Å². The molecule has 0 saturated carbocycles. The zero-order valence-electron chi connectivity index (χ0n) is 29.1. The number of carbonyl (C=O) groups excluding carboxylic acids is 4. The van der Waals surface area contributed by atoms with Crippen molar-refractivity contribution < 1.29 is 46.7 Å². The Hall–Kier alpha value is -5.48. The van der Waals surface area contributed by atoms with Crippen molar-refractivity contribution in [2.45, 2.75) is 83.6 Å². The summed E-state index contributed by atoms with van der Waals surface area (Å²) in [6.07, 6.45) is -2.91. The number of carboxylic acid groups (broad SMARTS) is 1. The molecule has 2 heterocycles. The van der Waals surface area contributed by atoms with E-state index in [0.717, 1.165) is 5.56 Å². The maximum atomic E-state index is 14.0. The van der Waals surface area contributed by atoms with Crippen LogP contribution in [0.25, 0.3) is 11.1 Å². The van der Waals surface area contributed by atoms with Crippen LogP contribution in [0.1, 0.15) is 69.1 Å². The lowest BCUT2D eigenvalue weighted by Gasteiger charge is -2.30. The SMILES string of the molecule is CC(C)(C)CC(=O)N[C@H](Cc1ccccc1)C(=O)N1CCC[C@H]1C(=O)N[C@@H](CCCN=C(N)N)C(=O)c1nc2ccccc2o1.O=C(O)C(F)(F)F. The first-order valence-corrected chi connectivity index (χ1v) is 16.5. The summed E-state index contributed by atoms with van der Waals surface area (Å²) in [6, 6.07) is 13.8. The van der Waals surface area contributed by atoms with Crippen LogP contribution in [0, 0.1) is 5.41 Å². The van der Waals surface area contributed by atoms with Crippen LogP contribution in [0.3, 0.4) is 0 Å². The number of halogens is 3. The summed E-state index contributed by atoms with van der Waals surface area (Å²) < 4.78 is 37.4. The lowest BCUT2D eigenvalue weighted by Crippen LogP contribution is -2.56. The molecular weight excluding hydrogens is 687 g/mol. The predicted octanol–water partition coefficient (Wildman–Crippen LogP) is 3.34. The number of benzene rings is 2. The van der Waals surface area contributed by atoms with Crippen LogP contribution in [0.2, 0.25) is 0 Å². The van der Waals surface area contributed by atoms with Gasteiger partial charge in [-0.2, -0.15) is 13.2 Å². The van der Waals surface area contributed by atoms with Gasteiger partial charge in [0, 0.05) is 25.9 Å². The molecule has 282 valence electrons. The number of carboxylic acids is 1. The van der Waals surface area contributed by atoms with E-state index in [2.05, 4.69) is 20.6 Å². The molecule has 1 aromatic heterocycles. The molecule has 3 aromatic rings. The monoisotopic (exact) mass is 731 g/mol. The zero-order chi connectivity index (χ0) is 38.6. The van der Waals surface area contributed by atoms with Crippen LogP contribution in [-0.4, -0.2) is 87.8 Å². The number of aliphatic imine (C=N–C) groups is 1. The van der Waals surface area contributed by atoms with Crippen LogP contribution in [0.5, 0.6) is 0 Å². The maximum Gasteiger partial charge on any atom is 0.490 e. The van der Waals surface area contributed by atoms with Crippen molar-refractivity contribution in [2.75, 3.05) is 13.1 Å². The topological polar surface area (TPSA) is 223 Å². The highest BCUT2D eigenvalue weighted by atomic mass is 19.4. The van der Waals surface area contributed by atoms with Gasteiger partial charge in [0.2, 0.25) is 23.5 Å². The minimum absolute atomic E-state index is 0.0689. The first-order chi connectivity index (χ1) is 24.4. The highest BCUT2D eigenvalue weighted by Gasteiger charge is 2.40. The normalized spacial score (nSPS) is 15.5. The Morgan fingerprint density at radius 2 is 1.63 bits per heavy atom. The van der Waals surface area contributed by atoms with Crippen molar-refractivity contribution in [3.63, 3.8) is 0 Å². The van der Waals surface area contributed by atoms with Crippen molar-refractivity contribution in [3.05, 3.63) is 66.1 Å². The number of rotatable bonds is 13. The van der Waals surface area contributed by atoms with Gasteiger partial charge in [-0.1, -0.05) is 63.2 Å². The minimum atomic E-state index is -5.08. The third kappa shape index (κ3) is 12.7.